The molecule has 0 rings (SSSR count). The largest absolute Gasteiger partial charge is 0.472 e. The Hall–Kier alpha value is -5.35. The van der Waals surface area contributed by atoms with E-state index in [-0.39, 0.29) is 19.3 Å². The number of rotatable bonds is 84. The number of carbonyl (C=O) groups excluding carboxylic acids is 3. The highest BCUT2D eigenvalue weighted by Crippen LogP contribution is 2.45. The molecule has 0 saturated heterocycles. The summed E-state index contributed by atoms with van der Waals surface area (Å²) in [6.45, 7) is 2.33. The van der Waals surface area contributed by atoms with Crippen molar-refractivity contribution in [3.8, 4) is 0 Å². The van der Waals surface area contributed by atoms with E-state index >= 15 is 0 Å². The van der Waals surface area contributed by atoms with Crippen molar-refractivity contribution in [2.24, 2.45) is 0 Å². The number of ether oxygens (including phenoxy) is 3. The summed E-state index contributed by atoms with van der Waals surface area (Å²) in [6.07, 6.45) is 115. The standard InChI is InChI=1S/C97H162O16P2/c1-4-7-10-13-16-19-22-25-28-31-34-37-39-40-41-42-43-44-45-46-47-48-49-50-52-55-56-59-62-65-68-71-74-77-80-83-95(100)107-86-92(98)87-109-114(103,104)110-88-93(99)89-111-115(105,106)112-91-94(113-97(102)85-82-79-76-73-70-67-64-61-58-53-36-33-30-27-24-21-18-15-12-9-6-3)90-108-96(101)84-81-78-75-72-69-66-63-60-57-54-51-38-35-32-29-26-23-20-17-14-11-8-5-2/h7-12,16-21,25-30,34-38,40-41,53-54,57,61,64,92-94,98-99H,4-6,13-15,22-24,31-33,39,42-52,55-56,58-60,62-63,65-91H2,1-3H3,(H,103,104)(H,105,106)/b10-7-,11-8-,12-9-,19-16-,20-17-,21-18-,28-25-,29-26-,30-27-,37-34-,38-35-,41-40-,53-36-,57-54-,64-61-. The summed E-state index contributed by atoms with van der Waals surface area (Å²) in [7, 11) is -9.82. The lowest BCUT2D eigenvalue weighted by atomic mass is 10.0. The van der Waals surface area contributed by atoms with E-state index in [1.807, 2.05) is 0 Å². The lowest BCUT2D eigenvalue weighted by Gasteiger charge is -2.21. The molecule has 0 aliphatic carbocycles. The van der Waals surface area contributed by atoms with Gasteiger partial charge in [-0.3, -0.25) is 32.5 Å². The fourth-order valence-corrected chi connectivity index (χ4v) is 13.5. The Balaban J connectivity index is 4.54. The molecule has 0 aromatic carbocycles. The molecule has 0 amide bonds. The zero-order chi connectivity index (χ0) is 83.6. The molecule has 115 heavy (non-hydrogen) atoms. The van der Waals surface area contributed by atoms with Crippen molar-refractivity contribution in [1.82, 2.24) is 0 Å². The zero-order valence-corrected chi connectivity index (χ0v) is 73.9. The van der Waals surface area contributed by atoms with E-state index < -0.39 is 91.5 Å². The Bertz CT molecular complexity index is 2820. The fraction of sp³-hybridized carbons (Fsp3) is 0.660. The summed E-state index contributed by atoms with van der Waals surface area (Å²) in [5, 5.41) is 20.7. The van der Waals surface area contributed by atoms with Gasteiger partial charge < -0.3 is 34.2 Å². The summed E-state index contributed by atoms with van der Waals surface area (Å²) < 4.78 is 61.4. The third-order valence-corrected chi connectivity index (χ3v) is 20.5. The van der Waals surface area contributed by atoms with Crippen molar-refractivity contribution in [2.45, 2.75) is 373 Å². The van der Waals surface area contributed by atoms with Gasteiger partial charge in [0.2, 0.25) is 0 Å². The summed E-state index contributed by atoms with van der Waals surface area (Å²) in [5.74, 6) is -1.61. The monoisotopic (exact) mass is 1650 g/mol. The van der Waals surface area contributed by atoms with E-state index in [1.54, 1.807) is 0 Å². The van der Waals surface area contributed by atoms with Gasteiger partial charge in [-0.05, 0) is 154 Å². The molecule has 0 aliphatic rings. The predicted octanol–water partition coefficient (Wildman–Crippen LogP) is 27.7. The molecule has 5 atom stereocenters. The minimum atomic E-state index is -4.95. The van der Waals surface area contributed by atoms with Crippen LogP contribution in [0.4, 0.5) is 0 Å². The van der Waals surface area contributed by atoms with Crippen LogP contribution in [0.3, 0.4) is 0 Å². The number of aliphatic hydroxyl groups is 2. The van der Waals surface area contributed by atoms with Gasteiger partial charge in [0.1, 0.15) is 25.4 Å². The number of hydrogen-bond donors (Lipinski definition) is 4. The van der Waals surface area contributed by atoms with Gasteiger partial charge in [-0.2, -0.15) is 0 Å². The van der Waals surface area contributed by atoms with Crippen LogP contribution in [0.25, 0.3) is 0 Å². The van der Waals surface area contributed by atoms with Crippen LogP contribution < -0.4 is 0 Å². The summed E-state index contributed by atoms with van der Waals surface area (Å²) >= 11 is 0. The molecule has 18 heteroatoms. The first-order chi connectivity index (χ1) is 56.2. The Labute approximate surface area is 700 Å². The SMILES string of the molecule is CC/C=C\C/C=C\C/C=C\C/C=C\C/C=C\CCCCCCCCCCCCCCCCCCCCCC(=O)OCC(O)COP(=O)(O)OCC(O)COP(=O)(O)OCC(COC(=O)CCCCCCCCC/C=C\C/C=C\C/C=C\C/C=C\C/C=C\CC)OC(=O)CCCCCCC/C=C\C/C=C\C/C=C\C/C=C\C/C=C\CC. The quantitative estimate of drug-likeness (QED) is 0.0146. The molecule has 0 radical (unpaired) electrons. The normalized spacial score (nSPS) is 14.7. The summed E-state index contributed by atoms with van der Waals surface area (Å²) in [4.78, 5) is 58.9. The van der Waals surface area contributed by atoms with Gasteiger partial charge in [-0.25, -0.2) is 9.13 Å². The number of esters is 3. The molecule has 5 unspecified atom stereocenters. The van der Waals surface area contributed by atoms with Crippen LogP contribution in [0.15, 0.2) is 182 Å². The predicted molar refractivity (Wildman–Crippen MR) is 481 cm³/mol. The molecule has 16 nitrogen and oxygen atoms in total. The fourth-order valence-electron chi connectivity index (χ4n) is 11.9. The van der Waals surface area contributed by atoms with Crippen LogP contribution in [-0.4, -0.2) is 95.9 Å². The molecule has 0 aromatic rings. The Morgan fingerprint density at radius 2 is 0.435 bits per heavy atom. The maximum Gasteiger partial charge on any atom is 0.472 e. The number of unbranched alkanes of at least 4 members (excludes halogenated alkanes) is 31. The lowest BCUT2D eigenvalue weighted by Crippen LogP contribution is -2.30. The number of aliphatic hydroxyl groups excluding tert-OH is 2. The minimum Gasteiger partial charge on any atom is -0.463 e. The van der Waals surface area contributed by atoms with E-state index in [2.05, 4.69) is 203 Å². The molecule has 0 saturated carbocycles. The van der Waals surface area contributed by atoms with Crippen LogP contribution in [0, 0.1) is 0 Å². The van der Waals surface area contributed by atoms with Crippen LogP contribution in [0.1, 0.15) is 355 Å². The second-order valence-electron chi connectivity index (χ2n) is 29.6. The van der Waals surface area contributed by atoms with Crippen molar-refractivity contribution >= 4 is 33.6 Å². The van der Waals surface area contributed by atoms with Crippen molar-refractivity contribution in [2.75, 3.05) is 39.6 Å². The highest BCUT2D eigenvalue weighted by molar-refractivity contribution is 7.47. The number of allylic oxidation sites excluding steroid dienone is 30. The number of phosphoric acid groups is 2. The van der Waals surface area contributed by atoms with Crippen molar-refractivity contribution in [3.63, 3.8) is 0 Å². The lowest BCUT2D eigenvalue weighted by molar-refractivity contribution is -0.161. The summed E-state index contributed by atoms with van der Waals surface area (Å²) in [5.41, 5.74) is 0. The highest BCUT2D eigenvalue weighted by atomic mass is 31.2. The molecule has 0 aliphatic heterocycles. The molecule has 0 spiro atoms. The maximum absolute atomic E-state index is 13.0. The van der Waals surface area contributed by atoms with Gasteiger partial charge in [0.05, 0.1) is 26.4 Å². The smallest absolute Gasteiger partial charge is 0.463 e. The van der Waals surface area contributed by atoms with E-state index in [1.165, 1.54) is 103 Å². The van der Waals surface area contributed by atoms with E-state index in [0.29, 0.717) is 19.3 Å². The third-order valence-electron chi connectivity index (χ3n) is 18.6. The Kier molecular flexibility index (Phi) is 83.9. The molecule has 0 bridgehead atoms. The maximum atomic E-state index is 13.0. The number of carbonyl (C=O) groups is 3. The first-order valence-electron chi connectivity index (χ1n) is 45.1. The summed E-state index contributed by atoms with van der Waals surface area (Å²) in [6, 6.07) is 0. The van der Waals surface area contributed by atoms with E-state index in [4.69, 9.17) is 32.3 Å². The zero-order valence-electron chi connectivity index (χ0n) is 72.1. The molecule has 4 N–H and O–H groups in total. The van der Waals surface area contributed by atoms with E-state index in [9.17, 15) is 43.5 Å². The van der Waals surface area contributed by atoms with E-state index in [0.717, 1.165) is 193 Å². The molecular formula is C97H162O16P2. The second kappa shape index (κ2) is 87.9. The van der Waals surface area contributed by atoms with Gasteiger partial charge in [-0.1, -0.05) is 364 Å². The number of phosphoric ester groups is 2. The average Bonchev–Trinajstić information content (AvgIpc) is 0.901. The second-order valence-corrected chi connectivity index (χ2v) is 32.5. The van der Waals surface area contributed by atoms with Gasteiger partial charge >= 0.3 is 33.6 Å². The van der Waals surface area contributed by atoms with Crippen LogP contribution >= 0.6 is 15.6 Å². The van der Waals surface area contributed by atoms with Crippen molar-refractivity contribution in [1.29, 1.82) is 0 Å². The number of hydrogen-bond acceptors (Lipinski definition) is 14. The van der Waals surface area contributed by atoms with Crippen molar-refractivity contribution < 1.29 is 75.8 Å². The van der Waals surface area contributed by atoms with Gasteiger partial charge in [0, 0.05) is 19.3 Å². The molecule has 0 heterocycles. The minimum absolute atomic E-state index is 0.0739. The highest BCUT2D eigenvalue weighted by Gasteiger charge is 2.29. The molecular weight excluding hydrogens is 1480 g/mol. The van der Waals surface area contributed by atoms with Gasteiger partial charge in [-0.15, -0.1) is 0 Å². The molecule has 0 aromatic heterocycles. The topological polar surface area (TPSA) is 231 Å². The Morgan fingerprint density at radius 3 is 0.687 bits per heavy atom. The molecule has 0 fully saturated rings. The third kappa shape index (κ3) is 89.3. The van der Waals surface area contributed by atoms with Gasteiger partial charge in [0.25, 0.3) is 0 Å². The first kappa shape index (κ1) is 110. The van der Waals surface area contributed by atoms with Crippen LogP contribution in [0.2, 0.25) is 0 Å². The van der Waals surface area contributed by atoms with Crippen LogP contribution in [0.5, 0.6) is 0 Å². The van der Waals surface area contributed by atoms with Crippen LogP contribution in [-0.2, 0) is 55.8 Å². The molecule has 656 valence electrons. The Morgan fingerprint density at radius 1 is 0.243 bits per heavy atom. The van der Waals surface area contributed by atoms with Gasteiger partial charge in [0.15, 0.2) is 6.10 Å². The first-order valence-corrected chi connectivity index (χ1v) is 48.1. The van der Waals surface area contributed by atoms with Crippen molar-refractivity contribution in [3.05, 3.63) is 182 Å². The average molecular weight is 1650 g/mol.